The summed E-state index contributed by atoms with van der Waals surface area (Å²) in [4.78, 5) is 29.7. The largest absolute Gasteiger partial charge is 0.367 e. The molecule has 0 unspecified atom stereocenters. The number of aromatic nitrogens is 3. The standard InChI is InChI=1S/C22H20F2N6O2S/c1-11-12(7-20(31)27-11)6-13-9-26-30-19(28-14-2-3-14)8-15(29-21(13)30)16-4-5-17(33-16)22(32)25-10-18(23)24/h4-6,8-9,14,18,28H,1-3,7,10H2,(H,25,32)(H,27,31)/b12-6+. The third-order valence-corrected chi connectivity index (χ3v) is 6.39. The van der Waals surface area contributed by atoms with Gasteiger partial charge in [0.2, 0.25) is 5.91 Å². The molecule has 1 saturated carbocycles. The van der Waals surface area contributed by atoms with Crippen LogP contribution in [-0.4, -0.2) is 45.4 Å². The maximum Gasteiger partial charge on any atom is 0.261 e. The molecule has 2 fully saturated rings. The highest BCUT2D eigenvalue weighted by molar-refractivity contribution is 7.17. The van der Waals surface area contributed by atoms with E-state index in [0.717, 1.165) is 34.7 Å². The molecule has 1 aliphatic carbocycles. The molecule has 4 heterocycles. The molecule has 1 saturated heterocycles. The normalized spacial score (nSPS) is 17.2. The average Bonchev–Trinajstić information content (AvgIpc) is 3.16. The quantitative estimate of drug-likeness (QED) is 0.491. The van der Waals surface area contributed by atoms with E-state index in [-0.39, 0.29) is 12.3 Å². The number of halogens is 2. The second-order valence-corrected chi connectivity index (χ2v) is 9.00. The molecule has 3 aromatic heterocycles. The monoisotopic (exact) mass is 470 g/mol. The van der Waals surface area contributed by atoms with Crippen LogP contribution < -0.4 is 16.0 Å². The summed E-state index contributed by atoms with van der Waals surface area (Å²) in [6.45, 7) is 3.19. The predicted octanol–water partition coefficient (Wildman–Crippen LogP) is 3.44. The molecule has 1 aliphatic heterocycles. The Morgan fingerprint density at radius 1 is 1.39 bits per heavy atom. The number of fused-ring (bicyclic) bond motifs is 1. The summed E-state index contributed by atoms with van der Waals surface area (Å²) in [5, 5.41) is 12.8. The van der Waals surface area contributed by atoms with Crippen LogP contribution in [0.2, 0.25) is 0 Å². The van der Waals surface area contributed by atoms with E-state index >= 15 is 0 Å². The SMILES string of the molecule is C=C1NC(=O)C/C1=C\c1cnn2c(NC3CC3)cc(-c3ccc(C(=O)NCC(F)F)s3)nc12. The molecule has 2 amide bonds. The number of thiophene rings is 1. The highest BCUT2D eigenvalue weighted by Gasteiger charge is 2.24. The van der Waals surface area contributed by atoms with E-state index in [4.69, 9.17) is 4.98 Å². The van der Waals surface area contributed by atoms with Crippen molar-refractivity contribution in [3.05, 3.63) is 52.7 Å². The Labute approximate surface area is 191 Å². The molecule has 0 spiro atoms. The Morgan fingerprint density at radius 3 is 2.91 bits per heavy atom. The number of allylic oxidation sites excluding steroid dienone is 1. The molecule has 5 rings (SSSR count). The topological polar surface area (TPSA) is 100 Å². The van der Waals surface area contributed by atoms with E-state index in [1.165, 1.54) is 11.3 Å². The van der Waals surface area contributed by atoms with Crippen LogP contribution in [0, 0.1) is 0 Å². The third-order valence-electron chi connectivity index (χ3n) is 5.29. The average molecular weight is 471 g/mol. The van der Waals surface area contributed by atoms with Gasteiger partial charge in [0.15, 0.2) is 5.65 Å². The predicted molar refractivity (Wildman–Crippen MR) is 121 cm³/mol. The molecule has 3 N–H and O–H groups in total. The second kappa shape index (κ2) is 8.39. The smallest absolute Gasteiger partial charge is 0.261 e. The lowest BCUT2D eigenvalue weighted by Gasteiger charge is -2.09. The van der Waals surface area contributed by atoms with Gasteiger partial charge in [-0.05, 0) is 36.6 Å². The Hall–Kier alpha value is -3.60. The fourth-order valence-corrected chi connectivity index (χ4v) is 4.38. The fourth-order valence-electron chi connectivity index (χ4n) is 3.50. The number of hydrogen-bond donors (Lipinski definition) is 3. The molecule has 0 atom stereocenters. The minimum Gasteiger partial charge on any atom is -0.367 e. The summed E-state index contributed by atoms with van der Waals surface area (Å²) < 4.78 is 26.5. The lowest BCUT2D eigenvalue weighted by atomic mass is 10.1. The highest BCUT2D eigenvalue weighted by atomic mass is 32.1. The van der Waals surface area contributed by atoms with Crippen LogP contribution in [0.5, 0.6) is 0 Å². The van der Waals surface area contributed by atoms with Gasteiger partial charge >= 0.3 is 0 Å². The van der Waals surface area contributed by atoms with Crippen molar-refractivity contribution in [2.75, 3.05) is 11.9 Å². The lowest BCUT2D eigenvalue weighted by Crippen LogP contribution is -2.27. The van der Waals surface area contributed by atoms with E-state index in [1.54, 1.807) is 22.8 Å². The molecule has 170 valence electrons. The Bertz CT molecular complexity index is 1310. The number of hydrogen-bond acceptors (Lipinski definition) is 6. The minimum atomic E-state index is -2.61. The first-order valence-corrected chi connectivity index (χ1v) is 11.2. The molecule has 0 aromatic carbocycles. The van der Waals surface area contributed by atoms with Crippen LogP contribution >= 0.6 is 11.3 Å². The highest BCUT2D eigenvalue weighted by Crippen LogP contribution is 2.33. The van der Waals surface area contributed by atoms with Crippen LogP contribution in [0.4, 0.5) is 14.6 Å². The van der Waals surface area contributed by atoms with Gasteiger partial charge in [0.05, 0.1) is 34.6 Å². The minimum absolute atomic E-state index is 0.108. The van der Waals surface area contributed by atoms with Crippen molar-refractivity contribution in [1.29, 1.82) is 0 Å². The third kappa shape index (κ3) is 4.49. The summed E-state index contributed by atoms with van der Waals surface area (Å²) in [6.07, 6.45) is 3.30. The first-order valence-electron chi connectivity index (χ1n) is 10.4. The first kappa shape index (κ1) is 21.3. The van der Waals surface area contributed by atoms with Crippen molar-refractivity contribution < 1.29 is 18.4 Å². The maximum absolute atomic E-state index is 12.4. The van der Waals surface area contributed by atoms with Gasteiger partial charge in [0.1, 0.15) is 5.82 Å². The van der Waals surface area contributed by atoms with Gasteiger partial charge in [-0.2, -0.15) is 9.61 Å². The van der Waals surface area contributed by atoms with E-state index in [9.17, 15) is 18.4 Å². The van der Waals surface area contributed by atoms with Crippen molar-refractivity contribution in [3.63, 3.8) is 0 Å². The lowest BCUT2D eigenvalue weighted by molar-refractivity contribution is -0.118. The van der Waals surface area contributed by atoms with Gasteiger partial charge in [0.25, 0.3) is 12.3 Å². The van der Waals surface area contributed by atoms with Gasteiger partial charge in [-0.3, -0.25) is 9.59 Å². The summed E-state index contributed by atoms with van der Waals surface area (Å²) >= 11 is 1.18. The van der Waals surface area contributed by atoms with Crippen molar-refractivity contribution in [2.24, 2.45) is 0 Å². The van der Waals surface area contributed by atoms with Crippen LogP contribution in [0.1, 0.15) is 34.5 Å². The van der Waals surface area contributed by atoms with E-state index in [1.807, 2.05) is 12.1 Å². The van der Waals surface area contributed by atoms with Gasteiger partial charge < -0.3 is 16.0 Å². The van der Waals surface area contributed by atoms with E-state index in [2.05, 4.69) is 27.6 Å². The molecule has 11 heteroatoms. The number of nitrogens with one attached hydrogen (secondary N) is 3. The molecular formula is C22H20F2N6O2S. The Morgan fingerprint density at radius 2 is 2.21 bits per heavy atom. The zero-order chi connectivity index (χ0) is 23.1. The number of alkyl halides is 2. The maximum atomic E-state index is 12.4. The first-order chi connectivity index (χ1) is 15.9. The van der Waals surface area contributed by atoms with Crippen molar-refractivity contribution in [3.8, 4) is 10.6 Å². The number of amides is 2. The molecule has 33 heavy (non-hydrogen) atoms. The van der Waals surface area contributed by atoms with Gasteiger partial charge in [0, 0.05) is 23.4 Å². The Balaban J connectivity index is 1.53. The molecule has 2 aliphatic rings. The Kier molecular flexibility index (Phi) is 5.41. The van der Waals surface area contributed by atoms with Crippen molar-refractivity contribution in [2.45, 2.75) is 31.7 Å². The van der Waals surface area contributed by atoms with Crippen LogP contribution in [0.3, 0.4) is 0 Å². The molecule has 8 nitrogen and oxygen atoms in total. The summed E-state index contributed by atoms with van der Waals surface area (Å²) in [7, 11) is 0. The van der Waals surface area contributed by atoms with Crippen LogP contribution in [0.15, 0.2) is 42.2 Å². The van der Waals surface area contributed by atoms with Gasteiger partial charge in [-0.1, -0.05) is 6.58 Å². The second-order valence-electron chi connectivity index (χ2n) is 7.92. The molecule has 3 aromatic rings. The molecular weight excluding hydrogens is 450 g/mol. The number of carbonyl (C=O) groups is 2. The summed E-state index contributed by atoms with van der Waals surface area (Å²) in [5.74, 6) is 0.109. The van der Waals surface area contributed by atoms with Gasteiger partial charge in [-0.25, -0.2) is 13.8 Å². The van der Waals surface area contributed by atoms with E-state index < -0.39 is 18.9 Å². The summed E-state index contributed by atoms with van der Waals surface area (Å²) in [5.41, 5.74) is 3.28. The molecule has 0 bridgehead atoms. The van der Waals surface area contributed by atoms with E-state index in [0.29, 0.717) is 28.0 Å². The zero-order valence-corrected chi connectivity index (χ0v) is 18.2. The number of anilines is 1. The number of carbonyl (C=O) groups excluding carboxylic acids is 2. The number of rotatable bonds is 7. The van der Waals surface area contributed by atoms with Crippen molar-refractivity contribution in [1.82, 2.24) is 25.2 Å². The summed E-state index contributed by atoms with van der Waals surface area (Å²) in [6, 6.07) is 5.57. The van der Waals surface area contributed by atoms with Gasteiger partial charge in [-0.15, -0.1) is 11.3 Å². The zero-order valence-electron chi connectivity index (χ0n) is 17.4. The van der Waals surface area contributed by atoms with Crippen LogP contribution in [-0.2, 0) is 4.79 Å². The number of nitrogens with zero attached hydrogens (tertiary/aromatic N) is 3. The van der Waals surface area contributed by atoms with Crippen LogP contribution in [0.25, 0.3) is 22.3 Å². The van der Waals surface area contributed by atoms with Crippen molar-refractivity contribution >= 4 is 40.7 Å². The fraction of sp³-hybridized carbons (Fsp3) is 0.273. The molecule has 0 radical (unpaired) electrons.